The lowest BCUT2D eigenvalue weighted by molar-refractivity contribution is -0.151. The van der Waals surface area contributed by atoms with Crippen LogP contribution < -0.4 is 10.7 Å². The zero-order valence-corrected chi connectivity index (χ0v) is 19.7. The lowest BCUT2D eigenvalue weighted by atomic mass is 9.98. The third-order valence-electron chi connectivity index (χ3n) is 6.73. The number of carboxylic acid groups (broad SMARTS) is 1. The van der Waals surface area contributed by atoms with E-state index in [1.807, 2.05) is 62.4 Å². The minimum atomic E-state index is -1.32. The number of nitrogens with one attached hydrogen (secondary N) is 2. The minimum Gasteiger partial charge on any atom is -0.480 e. The number of hydrogen-bond donors (Lipinski definition) is 3. The third-order valence-corrected chi connectivity index (χ3v) is 6.73. The van der Waals surface area contributed by atoms with Gasteiger partial charge in [0.05, 0.1) is 6.42 Å². The number of carbonyl (C=O) groups is 4. The fraction of sp³-hybridized carbons (Fsp3) is 0.385. The van der Waals surface area contributed by atoms with Gasteiger partial charge in [-0.15, -0.1) is 0 Å². The first-order valence-corrected chi connectivity index (χ1v) is 11.8. The Bertz CT molecular complexity index is 1100. The van der Waals surface area contributed by atoms with Gasteiger partial charge in [0.1, 0.15) is 12.6 Å². The molecular formula is C26H29N3O6. The van der Waals surface area contributed by atoms with Crippen molar-refractivity contribution in [1.29, 1.82) is 0 Å². The van der Waals surface area contributed by atoms with Gasteiger partial charge in [-0.1, -0.05) is 68.8 Å². The molecule has 9 heteroatoms. The number of alkyl carbamates (subject to hydrolysis) is 1. The Labute approximate surface area is 203 Å². The van der Waals surface area contributed by atoms with Crippen LogP contribution in [0.4, 0.5) is 4.79 Å². The molecule has 35 heavy (non-hydrogen) atoms. The van der Waals surface area contributed by atoms with E-state index in [1.165, 1.54) is 0 Å². The summed E-state index contributed by atoms with van der Waals surface area (Å²) >= 11 is 0. The first-order chi connectivity index (χ1) is 16.8. The molecule has 184 valence electrons. The smallest absolute Gasteiger partial charge is 0.407 e. The summed E-state index contributed by atoms with van der Waals surface area (Å²) in [6.07, 6.45) is -0.0727. The molecule has 0 bridgehead atoms. The number of benzene rings is 2. The zero-order chi connectivity index (χ0) is 25.1. The summed E-state index contributed by atoms with van der Waals surface area (Å²) in [6, 6.07) is 13.6. The second-order valence-corrected chi connectivity index (χ2v) is 9.07. The van der Waals surface area contributed by atoms with E-state index in [1.54, 1.807) is 0 Å². The van der Waals surface area contributed by atoms with Gasteiger partial charge in [-0.2, -0.15) is 0 Å². The molecule has 1 saturated heterocycles. The van der Waals surface area contributed by atoms with E-state index in [0.29, 0.717) is 0 Å². The normalized spacial score (nSPS) is 18.3. The number of ether oxygens (including phenoxy) is 1. The van der Waals surface area contributed by atoms with Gasteiger partial charge < -0.3 is 15.2 Å². The molecule has 9 nitrogen and oxygen atoms in total. The maximum absolute atomic E-state index is 13.2. The van der Waals surface area contributed by atoms with Crippen LogP contribution in [0, 0.1) is 5.92 Å². The number of carbonyl (C=O) groups excluding carboxylic acids is 3. The molecule has 1 aliphatic heterocycles. The molecular weight excluding hydrogens is 450 g/mol. The second kappa shape index (κ2) is 10.2. The average molecular weight is 480 g/mol. The molecule has 1 aliphatic carbocycles. The first-order valence-electron chi connectivity index (χ1n) is 11.8. The Hall–Kier alpha value is -3.88. The number of hydrazine groups is 1. The predicted octanol–water partition coefficient (Wildman–Crippen LogP) is 3.05. The maximum atomic E-state index is 13.2. The van der Waals surface area contributed by atoms with Gasteiger partial charge in [-0.25, -0.2) is 14.6 Å². The molecule has 1 heterocycles. The van der Waals surface area contributed by atoms with Crippen LogP contribution in [0.15, 0.2) is 48.5 Å². The Balaban J connectivity index is 1.47. The summed E-state index contributed by atoms with van der Waals surface area (Å²) < 4.78 is 5.57. The standard InChI is InChI=1S/C26H29N3O6/c1-3-15(2)12-21(24(31)29-22(25(32)33)13-23(30)28-29)27-26(34)35-14-20-18-10-6-4-8-16(18)17-9-5-7-11-19(17)20/h4-11,15,20-22H,3,12-14H2,1-2H3,(H,27,34)(H,28,30)(H,32,33). The van der Waals surface area contributed by atoms with Gasteiger partial charge in [0.25, 0.3) is 5.91 Å². The zero-order valence-electron chi connectivity index (χ0n) is 19.7. The van der Waals surface area contributed by atoms with Crippen molar-refractivity contribution in [1.82, 2.24) is 15.8 Å². The number of hydrogen-bond acceptors (Lipinski definition) is 5. The molecule has 2 aromatic carbocycles. The molecule has 3 amide bonds. The molecule has 0 aromatic heterocycles. The van der Waals surface area contributed by atoms with Crippen LogP contribution in [0.1, 0.15) is 50.2 Å². The van der Waals surface area contributed by atoms with E-state index in [2.05, 4.69) is 10.7 Å². The number of nitrogens with zero attached hydrogens (tertiary/aromatic N) is 1. The van der Waals surface area contributed by atoms with Crippen molar-refractivity contribution in [2.45, 2.75) is 51.1 Å². The number of carboxylic acids is 1. The SMILES string of the molecule is CCC(C)CC(NC(=O)OCC1c2ccccc2-c2ccccc21)C(=O)N1NC(=O)CC1C(=O)O. The molecule has 2 aliphatic rings. The van der Waals surface area contributed by atoms with E-state index >= 15 is 0 Å². The van der Waals surface area contributed by atoms with Gasteiger partial charge in [0, 0.05) is 5.92 Å². The second-order valence-electron chi connectivity index (χ2n) is 9.07. The van der Waals surface area contributed by atoms with E-state index in [-0.39, 0.29) is 31.3 Å². The van der Waals surface area contributed by atoms with Gasteiger partial charge >= 0.3 is 12.1 Å². The molecule has 3 unspecified atom stereocenters. The predicted molar refractivity (Wildman–Crippen MR) is 127 cm³/mol. The fourth-order valence-electron chi connectivity index (χ4n) is 4.67. The minimum absolute atomic E-state index is 0.0689. The third kappa shape index (κ3) is 4.99. The molecule has 0 radical (unpaired) electrons. The highest BCUT2D eigenvalue weighted by Gasteiger charge is 2.42. The highest BCUT2D eigenvalue weighted by Crippen LogP contribution is 2.44. The summed E-state index contributed by atoms with van der Waals surface area (Å²) in [5, 5.41) is 12.8. The quantitative estimate of drug-likeness (QED) is 0.535. The number of rotatable bonds is 8. The lowest BCUT2D eigenvalue weighted by Gasteiger charge is -2.27. The lowest BCUT2D eigenvalue weighted by Crippen LogP contribution is -2.55. The Morgan fingerprint density at radius 1 is 1.11 bits per heavy atom. The highest BCUT2D eigenvalue weighted by atomic mass is 16.5. The van der Waals surface area contributed by atoms with Crippen LogP contribution in [0.3, 0.4) is 0 Å². The summed E-state index contributed by atoms with van der Waals surface area (Å²) in [6.45, 7) is 3.97. The average Bonchev–Trinajstić information content (AvgIpc) is 3.40. The summed E-state index contributed by atoms with van der Waals surface area (Å²) in [4.78, 5) is 49.3. The summed E-state index contributed by atoms with van der Waals surface area (Å²) in [5.74, 6) is -2.60. The van der Waals surface area contributed by atoms with Gasteiger partial charge in [-0.05, 0) is 34.6 Å². The van der Waals surface area contributed by atoms with Crippen LogP contribution in [-0.4, -0.2) is 52.7 Å². The number of amides is 3. The summed E-state index contributed by atoms with van der Waals surface area (Å²) in [7, 11) is 0. The monoisotopic (exact) mass is 479 g/mol. The molecule has 4 rings (SSSR count). The Morgan fingerprint density at radius 2 is 1.71 bits per heavy atom. The topological polar surface area (TPSA) is 125 Å². The van der Waals surface area contributed by atoms with Crippen molar-refractivity contribution in [3.05, 3.63) is 59.7 Å². The van der Waals surface area contributed by atoms with Gasteiger partial charge in [0.15, 0.2) is 6.04 Å². The van der Waals surface area contributed by atoms with E-state index in [0.717, 1.165) is 33.7 Å². The first kappa shape index (κ1) is 24.3. The van der Waals surface area contributed by atoms with Crippen molar-refractivity contribution in [2.24, 2.45) is 5.92 Å². The molecule has 0 spiro atoms. The molecule has 0 saturated carbocycles. The van der Waals surface area contributed by atoms with Crippen LogP contribution in [0.25, 0.3) is 11.1 Å². The van der Waals surface area contributed by atoms with Crippen LogP contribution >= 0.6 is 0 Å². The van der Waals surface area contributed by atoms with Crippen LogP contribution in [0.5, 0.6) is 0 Å². The number of fused-ring (bicyclic) bond motifs is 3. The molecule has 3 atom stereocenters. The van der Waals surface area contributed by atoms with E-state index < -0.39 is 36.0 Å². The summed E-state index contributed by atoms with van der Waals surface area (Å²) in [5.41, 5.74) is 6.64. The van der Waals surface area contributed by atoms with E-state index in [9.17, 15) is 24.3 Å². The maximum Gasteiger partial charge on any atom is 0.407 e. The van der Waals surface area contributed by atoms with Crippen molar-refractivity contribution in [2.75, 3.05) is 6.61 Å². The fourth-order valence-corrected chi connectivity index (χ4v) is 4.67. The molecule has 3 N–H and O–H groups in total. The van der Waals surface area contributed by atoms with Crippen molar-refractivity contribution in [3.63, 3.8) is 0 Å². The number of aliphatic carboxylic acids is 1. The highest BCUT2D eigenvalue weighted by molar-refractivity contribution is 5.96. The van der Waals surface area contributed by atoms with Gasteiger partial charge in [0.2, 0.25) is 5.91 Å². The Morgan fingerprint density at radius 3 is 2.29 bits per heavy atom. The molecule has 2 aromatic rings. The largest absolute Gasteiger partial charge is 0.480 e. The Kier molecular flexibility index (Phi) is 7.04. The van der Waals surface area contributed by atoms with E-state index in [4.69, 9.17) is 4.74 Å². The van der Waals surface area contributed by atoms with Crippen LogP contribution in [0.2, 0.25) is 0 Å². The van der Waals surface area contributed by atoms with Crippen LogP contribution in [-0.2, 0) is 19.1 Å². The van der Waals surface area contributed by atoms with Crippen molar-refractivity contribution >= 4 is 23.9 Å². The van der Waals surface area contributed by atoms with Gasteiger partial charge in [-0.3, -0.25) is 15.0 Å². The molecule has 1 fully saturated rings. The van der Waals surface area contributed by atoms with Crippen molar-refractivity contribution < 1.29 is 29.0 Å². The van der Waals surface area contributed by atoms with Crippen molar-refractivity contribution in [3.8, 4) is 11.1 Å².